The first-order chi connectivity index (χ1) is 7.19. The van der Waals surface area contributed by atoms with Crippen LogP contribution in [0.3, 0.4) is 0 Å². The van der Waals surface area contributed by atoms with E-state index in [9.17, 15) is 4.79 Å². The fraction of sp³-hybridized carbons (Fsp3) is 0.909. The maximum absolute atomic E-state index is 11.6. The number of amides is 1. The Balaban J connectivity index is 2.32. The molecule has 1 fully saturated rings. The quantitative estimate of drug-likeness (QED) is 0.687. The van der Waals surface area contributed by atoms with E-state index in [4.69, 9.17) is 11.6 Å². The lowest BCUT2D eigenvalue weighted by Gasteiger charge is -2.37. The van der Waals surface area contributed by atoms with Gasteiger partial charge in [0.15, 0.2) is 0 Å². The number of halogens is 1. The monoisotopic (exact) mass is 232 g/mol. The summed E-state index contributed by atoms with van der Waals surface area (Å²) < 4.78 is 0. The maximum atomic E-state index is 11.6. The molecule has 0 saturated carbocycles. The number of alkyl halides is 1. The molecule has 0 spiro atoms. The molecule has 1 saturated heterocycles. The molecule has 0 aromatic heterocycles. The molecule has 0 aromatic rings. The average Bonchev–Trinajstić information content (AvgIpc) is 2.28. The van der Waals surface area contributed by atoms with Gasteiger partial charge in [0.2, 0.25) is 5.91 Å². The number of rotatable bonds is 4. The minimum atomic E-state index is 0.203. The third kappa shape index (κ3) is 3.65. The second kappa shape index (κ2) is 6.33. The Kier molecular flexibility index (Phi) is 5.40. The third-order valence-corrected chi connectivity index (χ3v) is 3.38. The first-order valence-corrected chi connectivity index (χ1v) is 6.30. The average molecular weight is 233 g/mol. The Labute approximate surface area is 97.4 Å². The van der Waals surface area contributed by atoms with E-state index in [0.29, 0.717) is 18.3 Å². The predicted molar refractivity (Wildman–Crippen MR) is 63.2 cm³/mol. The van der Waals surface area contributed by atoms with Gasteiger partial charge in [-0.05, 0) is 13.3 Å². The van der Waals surface area contributed by atoms with E-state index < -0.39 is 0 Å². The van der Waals surface area contributed by atoms with Crippen LogP contribution in [-0.2, 0) is 4.79 Å². The number of carbonyl (C=O) groups is 1. The molecule has 0 aromatic carbocycles. The molecule has 0 N–H and O–H groups in total. The standard InChI is InChI=1S/C11H21ClN2O/c1-3-10(2)13-6-8-14(9-7-13)11(15)4-5-12/h10H,3-9H2,1-2H3. The molecular formula is C11H21ClN2O. The van der Waals surface area contributed by atoms with Crippen LogP contribution in [0.2, 0.25) is 0 Å². The van der Waals surface area contributed by atoms with Gasteiger partial charge in [0, 0.05) is 44.5 Å². The van der Waals surface area contributed by atoms with Crippen molar-refractivity contribution in [2.45, 2.75) is 32.7 Å². The van der Waals surface area contributed by atoms with Crippen molar-refractivity contribution in [3.8, 4) is 0 Å². The van der Waals surface area contributed by atoms with Crippen molar-refractivity contribution < 1.29 is 4.79 Å². The Bertz CT molecular complexity index is 203. The SMILES string of the molecule is CCC(C)N1CCN(C(=O)CCCl)CC1. The molecule has 4 heteroatoms. The van der Waals surface area contributed by atoms with Crippen molar-refractivity contribution in [3.05, 3.63) is 0 Å². The molecule has 1 unspecified atom stereocenters. The van der Waals surface area contributed by atoms with Crippen LogP contribution >= 0.6 is 11.6 Å². The van der Waals surface area contributed by atoms with Crippen molar-refractivity contribution in [3.63, 3.8) is 0 Å². The van der Waals surface area contributed by atoms with E-state index in [2.05, 4.69) is 18.7 Å². The van der Waals surface area contributed by atoms with E-state index in [1.807, 2.05) is 4.90 Å². The highest BCUT2D eigenvalue weighted by atomic mass is 35.5. The molecule has 88 valence electrons. The van der Waals surface area contributed by atoms with Crippen molar-refractivity contribution >= 4 is 17.5 Å². The lowest BCUT2D eigenvalue weighted by atomic mass is 10.2. The molecule has 1 aliphatic rings. The summed E-state index contributed by atoms with van der Waals surface area (Å²) >= 11 is 5.56. The lowest BCUT2D eigenvalue weighted by Crippen LogP contribution is -2.51. The van der Waals surface area contributed by atoms with Crippen LogP contribution in [0.4, 0.5) is 0 Å². The zero-order valence-corrected chi connectivity index (χ0v) is 10.5. The topological polar surface area (TPSA) is 23.6 Å². The molecule has 1 atom stereocenters. The van der Waals surface area contributed by atoms with Crippen molar-refractivity contribution in [1.82, 2.24) is 9.80 Å². The molecular weight excluding hydrogens is 212 g/mol. The fourth-order valence-electron chi connectivity index (χ4n) is 1.91. The van der Waals surface area contributed by atoms with E-state index in [0.717, 1.165) is 26.2 Å². The van der Waals surface area contributed by atoms with Crippen LogP contribution in [0.1, 0.15) is 26.7 Å². The second-order valence-electron chi connectivity index (χ2n) is 4.11. The van der Waals surface area contributed by atoms with Gasteiger partial charge in [0.25, 0.3) is 0 Å². The number of carbonyl (C=O) groups excluding carboxylic acids is 1. The normalized spacial score (nSPS) is 20.3. The number of hydrogen-bond acceptors (Lipinski definition) is 2. The highest BCUT2D eigenvalue weighted by Crippen LogP contribution is 2.09. The minimum Gasteiger partial charge on any atom is -0.340 e. The van der Waals surface area contributed by atoms with Crippen LogP contribution in [0.5, 0.6) is 0 Å². The number of piperazine rings is 1. The molecule has 1 heterocycles. The summed E-state index contributed by atoms with van der Waals surface area (Å²) in [5.74, 6) is 0.638. The van der Waals surface area contributed by atoms with E-state index in [1.165, 1.54) is 6.42 Å². The lowest BCUT2D eigenvalue weighted by molar-refractivity contribution is -0.132. The highest BCUT2D eigenvalue weighted by molar-refractivity contribution is 6.18. The van der Waals surface area contributed by atoms with Crippen LogP contribution in [-0.4, -0.2) is 53.8 Å². The Hall–Kier alpha value is -0.280. The van der Waals surface area contributed by atoms with E-state index in [1.54, 1.807) is 0 Å². The maximum Gasteiger partial charge on any atom is 0.223 e. The van der Waals surface area contributed by atoms with Crippen molar-refractivity contribution in [1.29, 1.82) is 0 Å². The summed E-state index contributed by atoms with van der Waals surface area (Å²) in [4.78, 5) is 15.9. The Morgan fingerprint density at radius 3 is 2.40 bits per heavy atom. The molecule has 0 bridgehead atoms. The summed E-state index contributed by atoms with van der Waals surface area (Å²) in [6.45, 7) is 8.18. The zero-order valence-electron chi connectivity index (χ0n) is 9.71. The molecule has 0 radical (unpaired) electrons. The Morgan fingerprint density at radius 1 is 1.33 bits per heavy atom. The van der Waals surface area contributed by atoms with Gasteiger partial charge >= 0.3 is 0 Å². The summed E-state index contributed by atoms with van der Waals surface area (Å²) in [6, 6.07) is 0.635. The van der Waals surface area contributed by atoms with Crippen LogP contribution < -0.4 is 0 Å². The van der Waals surface area contributed by atoms with Crippen LogP contribution in [0, 0.1) is 0 Å². The smallest absolute Gasteiger partial charge is 0.223 e. The molecule has 1 rings (SSSR count). The van der Waals surface area contributed by atoms with Gasteiger partial charge in [-0.3, -0.25) is 9.69 Å². The highest BCUT2D eigenvalue weighted by Gasteiger charge is 2.22. The van der Waals surface area contributed by atoms with Gasteiger partial charge < -0.3 is 4.90 Å². The van der Waals surface area contributed by atoms with Gasteiger partial charge in [0.1, 0.15) is 0 Å². The summed E-state index contributed by atoms with van der Waals surface area (Å²) in [6.07, 6.45) is 1.65. The van der Waals surface area contributed by atoms with Crippen LogP contribution in [0.25, 0.3) is 0 Å². The summed E-state index contributed by atoms with van der Waals surface area (Å²) in [5.41, 5.74) is 0. The summed E-state index contributed by atoms with van der Waals surface area (Å²) in [7, 11) is 0. The third-order valence-electron chi connectivity index (χ3n) is 3.19. The first-order valence-electron chi connectivity index (χ1n) is 5.76. The van der Waals surface area contributed by atoms with Crippen molar-refractivity contribution in [2.75, 3.05) is 32.1 Å². The number of nitrogens with zero attached hydrogens (tertiary/aromatic N) is 2. The first kappa shape index (κ1) is 12.8. The van der Waals surface area contributed by atoms with Gasteiger partial charge in [-0.25, -0.2) is 0 Å². The van der Waals surface area contributed by atoms with Gasteiger partial charge in [0.05, 0.1) is 0 Å². The van der Waals surface area contributed by atoms with Crippen LogP contribution in [0.15, 0.2) is 0 Å². The van der Waals surface area contributed by atoms with Gasteiger partial charge in [-0.2, -0.15) is 0 Å². The molecule has 1 amide bonds. The molecule has 1 aliphatic heterocycles. The number of hydrogen-bond donors (Lipinski definition) is 0. The fourth-order valence-corrected chi connectivity index (χ4v) is 2.07. The summed E-state index contributed by atoms with van der Waals surface area (Å²) in [5, 5.41) is 0. The van der Waals surface area contributed by atoms with Gasteiger partial charge in [-0.15, -0.1) is 11.6 Å². The molecule has 0 aliphatic carbocycles. The largest absolute Gasteiger partial charge is 0.340 e. The zero-order chi connectivity index (χ0) is 11.3. The van der Waals surface area contributed by atoms with Crippen molar-refractivity contribution in [2.24, 2.45) is 0 Å². The minimum absolute atomic E-state index is 0.203. The molecule has 3 nitrogen and oxygen atoms in total. The Morgan fingerprint density at radius 2 is 1.93 bits per heavy atom. The predicted octanol–water partition coefficient (Wildman–Crippen LogP) is 1.56. The molecule has 15 heavy (non-hydrogen) atoms. The van der Waals surface area contributed by atoms with Gasteiger partial charge in [-0.1, -0.05) is 6.92 Å². The second-order valence-corrected chi connectivity index (χ2v) is 4.49. The van der Waals surface area contributed by atoms with E-state index in [-0.39, 0.29) is 5.91 Å². The van der Waals surface area contributed by atoms with E-state index >= 15 is 0 Å².